The lowest BCUT2D eigenvalue weighted by Crippen LogP contribution is -2.12. The summed E-state index contributed by atoms with van der Waals surface area (Å²) >= 11 is 0. The molecule has 0 radical (unpaired) electrons. The second-order valence-corrected chi connectivity index (χ2v) is 4.31. The van der Waals surface area contributed by atoms with Gasteiger partial charge in [0, 0.05) is 12.1 Å². The standard InChI is InChI=1S/C15H14F2O3/c1-10(18)9-19-12-5-6-15(14(17)8-12)20-13-4-2-3-11(16)7-13/h2-8,10,18H,9H2,1H3. The molecule has 0 saturated carbocycles. The van der Waals surface area contributed by atoms with Gasteiger partial charge in [-0.2, -0.15) is 0 Å². The molecule has 0 spiro atoms. The topological polar surface area (TPSA) is 38.7 Å². The monoisotopic (exact) mass is 280 g/mol. The second kappa shape index (κ2) is 6.34. The maximum Gasteiger partial charge on any atom is 0.169 e. The van der Waals surface area contributed by atoms with Crippen LogP contribution in [0.15, 0.2) is 42.5 Å². The van der Waals surface area contributed by atoms with Crippen LogP contribution in [-0.2, 0) is 0 Å². The molecule has 0 amide bonds. The van der Waals surface area contributed by atoms with Crippen molar-refractivity contribution in [2.24, 2.45) is 0 Å². The van der Waals surface area contributed by atoms with Crippen LogP contribution in [0.3, 0.4) is 0 Å². The first kappa shape index (κ1) is 14.3. The van der Waals surface area contributed by atoms with E-state index in [2.05, 4.69) is 0 Å². The smallest absolute Gasteiger partial charge is 0.169 e. The van der Waals surface area contributed by atoms with E-state index >= 15 is 0 Å². The summed E-state index contributed by atoms with van der Waals surface area (Å²) in [7, 11) is 0. The van der Waals surface area contributed by atoms with Crippen molar-refractivity contribution in [3.8, 4) is 17.2 Å². The maximum absolute atomic E-state index is 13.8. The number of halogens is 2. The van der Waals surface area contributed by atoms with Gasteiger partial charge in [-0.15, -0.1) is 0 Å². The van der Waals surface area contributed by atoms with Crippen molar-refractivity contribution < 1.29 is 23.4 Å². The van der Waals surface area contributed by atoms with Crippen molar-refractivity contribution >= 4 is 0 Å². The third-order valence-corrected chi connectivity index (χ3v) is 2.42. The number of rotatable bonds is 5. The minimum absolute atomic E-state index is 0.0278. The van der Waals surface area contributed by atoms with Crippen LogP contribution < -0.4 is 9.47 Å². The van der Waals surface area contributed by atoms with Crippen molar-refractivity contribution in [3.05, 3.63) is 54.1 Å². The summed E-state index contributed by atoms with van der Waals surface area (Å²) in [6.45, 7) is 1.64. The molecule has 3 nitrogen and oxygen atoms in total. The van der Waals surface area contributed by atoms with Gasteiger partial charge < -0.3 is 14.6 Å². The van der Waals surface area contributed by atoms with Gasteiger partial charge in [0.05, 0.1) is 6.10 Å². The summed E-state index contributed by atoms with van der Waals surface area (Å²) in [5, 5.41) is 9.08. The molecule has 0 aromatic heterocycles. The number of benzene rings is 2. The Hall–Kier alpha value is -2.14. The van der Waals surface area contributed by atoms with Gasteiger partial charge in [0.25, 0.3) is 0 Å². The molecule has 0 aliphatic carbocycles. The van der Waals surface area contributed by atoms with Crippen molar-refractivity contribution in [1.29, 1.82) is 0 Å². The van der Waals surface area contributed by atoms with Gasteiger partial charge in [-0.25, -0.2) is 8.78 Å². The van der Waals surface area contributed by atoms with Gasteiger partial charge in [-0.05, 0) is 31.2 Å². The molecule has 2 aromatic carbocycles. The first-order chi connectivity index (χ1) is 9.54. The molecule has 1 unspecified atom stereocenters. The van der Waals surface area contributed by atoms with Crippen molar-refractivity contribution in [2.45, 2.75) is 13.0 Å². The molecule has 2 aromatic rings. The van der Waals surface area contributed by atoms with Crippen LogP contribution in [0.4, 0.5) is 8.78 Å². The van der Waals surface area contributed by atoms with E-state index in [9.17, 15) is 8.78 Å². The van der Waals surface area contributed by atoms with Gasteiger partial charge in [0.15, 0.2) is 11.6 Å². The van der Waals surface area contributed by atoms with Gasteiger partial charge in [-0.1, -0.05) is 6.07 Å². The zero-order valence-corrected chi connectivity index (χ0v) is 10.8. The lowest BCUT2D eigenvalue weighted by atomic mass is 10.3. The molecule has 0 heterocycles. The maximum atomic E-state index is 13.8. The Morgan fingerprint density at radius 3 is 2.55 bits per heavy atom. The summed E-state index contributed by atoms with van der Waals surface area (Å²) in [6.07, 6.45) is -0.638. The Morgan fingerprint density at radius 2 is 1.90 bits per heavy atom. The average Bonchev–Trinajstić information content (AvgIpc) is 2.39. The van der Waals surface area contributed by atoms with Crippen LogP contribution >= 0.6 is 0 Å². The van der Waals surface area contributed by atoms with E-state index in [1.807, 2.05) is 0 Å². The Labute approximate surface area is 115 Å². The van der Waals surface area contributed by atoms with E-state index in [0.29, 0.717) is 0 Å². The lowest BCUT2D eigenvalue weighted by molar-refractivity contribution is 0.122. The number of hydrogen-bond acceptors (Lipinski definition) is 3. The fourth-order valence-corrected chi connectivity index (χ4v) is 1.53. The van der Waals surface area contributed by atoms with E-state index in [1.165, 1.54) is 30.3 Å². The van der Waals surface area contributed by atoms with Crippen LogP contribution in [-0.4, -0.2) is 17.8 Å². The molecular formula is C15H14F2O3. The molecule has 1 atom stereocenters. The Kier molecular flexibility index (Phi) is 4.53. The highest BCUT2D eigenvalue weighted by atomic mass is 19.1. The molecule has 0 aliphatic heterocycles. The molecule has 0 bridgehead atoms. The van der Waals surface area contributed by atoms with Gasteiger partial charge in [0.2, 0.25) is 0 Å². The number of hydrogen-bond donors (Lipinski definition) is 1. The minimum Gasteiger partial charge on any atom is -0.491 e. The zero-order valence-electron chi connectivity index (χ0n) is 10.8. The Morgan fingerprint density at radius 1 is 1.10 bits per heavy atom. The SMILES string of the molecule is CC(O)COc1ccc(Oc2cccc(F)c2)c(F)c1. The quantitative estimate of drug-likeness (QED) is 0.910. The van der Waals surface area contributed by atoms with E-state index in [-0.39, 0.29) is 23.9 Å². The molecule has 5 heteroatoms. The highest BCUT2D eigenvalue weighted by Gasteiger charge is 2.08. The summed E-state index contributed by atoms with van der Waals surface area (Å²) in [6, 6.07) is 9.49. The number of aliphatic hydroxyl groups excluding tert-OH is 1. The molecule has 0 aliphatic rings. The Bertz CT molecular complexity index is 585. The van der Waals surface area contributed by atoms with E-state index in [0.717, 1.165) is 12.1 Å². The largest absolute Gasteiger partial charge is 0.491 e. The lowest BCUT2D eigenvalue weighted by Gasteiger charge is -2.10. The van der Waals surface area contributed by atoms with Crippen LogP contribution in [0.1, 0.15) is 6.92 Å². The highest BCUT2D eigenvalue weighted by molar-refractivity contribution is 5.36. The van der Waals surface area contributed by atoms with Crippen molar-refractivity contribution in [2.75, 3.05) is 6.61 Å². The minimum atomic E-state index is -0.638. The summed E-state index contributed by atoms with van der Waals surface area (Å²) in [5.41, 5.74) is 0. The molecular weight excluding hydrogens is 266 g/mol. The van der Waals surface area contributed by atoms with Gasteiger partial charge >= 0.3 is 0 Å². The predicted octanol–water partition coefficient (Wildman–Crippen LogP) is 3.52. The zero-order chi connectivity index (χ0) is 14.5. The van der Waals surface area contributed by atoms with Crippen LogP contribution in [0.25, 0.3) is 0 Å². The number of ether oxygens (including phenoxy) is 2. The summed E-state index contributed by atoms with van der Waals surface area (Å²) < 4.78 is 37.2. The second-order valence-electron chi connectivity index (χ2n) is 4.31. The van der Waals surface area contributed by atoms with Crippen LogP contribution in [0.2, 0.25) is 0 Å². The van der Waals surface area contributed by atoms with Gasteiger partial charge in [0.1, 0.15) is 23.9 Å². The average molecular weight is 280 g/mol. The Balaban J connectivity index is 2.09. The highest BCUT2D eigenvalue weighted by Crippen LogP contribution is 2.27. The fraction of sp³-hybridized carbons (Fsp3) is 0.200. The normalized spacial score (nSPS) is 12.0. The van der Waals surface area contributed by atoms with E-state index < -0.39 is 17.7 Å². The molecule has 0 saturated heterocycles. The summed E-state index contributed by atoms with van der Waals surface area (Å²) in [5.74, 6) is -0.617. The van der Waals surface area contributed by atoms with Crippen LogP contribution in [0.5, 0.6) is 17.2 Å². The first-order valence-corrected chi connectivity index (χ1v) is 6.08. The molecule has 0 fully saturated rings. The fourth-order valence-electron chi connectivity index (χ4n) is 1.53. The predicted molar refractivity (Wildman–Crippen MR) is 70.0 cm³/mol. The number of aliphatic hydroxyl groups is 1. The third-order valence-electron chi connectivity index (χ3n) is 2.42. The van der Waals surface area contributed by atoms with E-state index in [4.69, 9.17) is 14.6 Å². The summed E-state index contributed by atoms with van der Waals surface area (Å²) in [4.78, 5) is 0. The van der Waals surface area contributed by atoms with Crippen LogP contribution in [0, 0.1) is 11.6 Å². The van der Waals surface area contributed by atoms with Gasteiger partial charge in [-0.3, -0.25) is 0 Å². The molecule has 2 rings (SSSR count). The van der Waals surface area contributed by atoms with Crippen molar-refractivity contribution in [3.63, 3.8) is 0 Å². The third kappa shape index (κ3) is 3.93. The molecule has 20 heavy (non-hydrogen) atoms. The first-order valence-electron chi connectivity index (χ1n) is 6.08. The van der Waals surface area contributed by atoms with E-state index in [1.54, 1.807) is 6.92 Å². The molecule has 1 N–H and O–H groups in total. The van der Waals surface area contributed by atoms with Crippen molar-refractivity contribution in [1.82, 2.24) is 0 Å². The molecule has 106 valence electrons.